The highest BCUT2D eigenvalue weighted by atomic mass is 19.4. The van der Waals surface area contributed by atoms with Crippen molar-refractivity contribution in [1.29, 1.82) is 0 Å². The van der Waals surface area contributed by atoms with Crippen molar-refractivity contribution in [3.05, 3.63) is 59.6 Å². The molecule has 214 valence electrons. The number of alkyl halides is 3. The molecule has 0 spiro atoms. The molecule has 0 aliphatic heterocycles. The molecule has 2 fully saturated rings. The molecule has 3 aromatic rings. The Kier molecular flexibility index (Phi) is 8.63. The van der Waals surface area contributed by atoms with Gasteiger partial charge in [-0.3, -0.25) is 9.59 Å². The predicted octanol–water partition coefficient (Wildman–Crippen LogP) is 5.25. The number of amides is 1. The Morgan fingerprint density at radius 3 is 2.50 bits per heavy atom. The SMILES string of the molecule is O=C(NCCCC(=O)C1CCC(c2nnc(COCC3CC3)o2)CC1)c1cn(-c2ccccc2)nc1C(F)(F)F. The Labute approximate surface area is 229 Å². The van der Waals surface area contributed by atoms with Gasteiger partial charge >= 0.3 is 6.18 Å². The van der Waals surface area contributed by atoms with Gasteiger partial charge in [0.25, 0.3) is 5.91 Å². The summed E-state index contributed by atoms with van der Waals surface area (Å²) in [6.45, 7) is 1.13. The first-order valence-corrected chi connectivity index (χ1v) is 13.7. The highest BCUT2D eigenvalue weighted by Crippen LogP contribution is 2.36. The van der Waals surface area contributed by atoms with Crippen LogP contribution in [0.25, 0.3) is 5.69 Å². The molecule has 1 aromatic carbocycles. The van der Waals surface area contributed by atoms with E-state index in [2.05, 4.69) is 20.6 Å². The van der Waals surface area contributed by atoms with Crippen molar-refractivity contribution in [2.24, 2.45) is 11.8 Å². The van der Waals surface area contributed by atoms with Crippen LogP contribution >= 0.6 is 0 Å². The summed E-state index contributed by atoms with van der Waals surface area (Å²) in [6.07, 6.45) is 2.26. The number of nitrogens with zero attached hydrogens (tertiary/aromatic N) is 4. The smallest absolute Gasteiger partial charge is 0.422 e. The van der Waals surface area contributed by atoms with E-state index in [-0.39, 0.29) is 30.6 Å². The Hall–Kier alpha value is -3.54. The number of Topliss-reactive ketones (excluding diaryl/α,β-unsaturated/α-hetero) is 1. The number of carbonyl (C=O) groups excluding carboxylic acids is 2. The summed E-state index contributed by atoms with van der Waals surface area (Å²) in [6, 6.07) is 8.26. The summed E-state index contributed by atoms with van der Waals surface area (Å²) < 4.78 is 53.0. The molecule has 0 radical (unpaired) electrons. The molecule has 2 aromatic heterocycles. The number of nitrogens with one attached hydrogen (secondary N) is 1. The molecule has 5 rings (SSSR count). The van der Waals surface area contributed by atoms with Gasteiger partial charge in [0.15, 0.2) is 5.69 Å². The molecule has 0 unspecified atom stereocenters. The lowest BCUT2D eigenvalue weighted by Crippen LogP contribution is -2.27. The number of benzene rings is 1. The summed E-state index contributed by atoms with van der Waals surface area (Å²) in [7, 11) is 0. The van der Waals surface area contributed by atoms with Crippen LogP contribution in [0.4, 0.5) is 13.2 Å². The molecule has 1 amide bonds. The molecule has 1 N–H and O–H groups in total. The van der Waals surface area contributed by atoms with Crippen molar-refractivity contribution < 1.29 is 31.9 Å². The van der Waals surface area contributed by atoms with E-state index in [9.17, 15) is 22.8 Å². The molecule has 0 saturated heterocycles. The molecule has 0 atom stereocenters. The summed E-state index contributed by atoms with van der Waals surface area (Å²) in [5.74, 6) is 0.987. The lowest BCUT2D eigenvalue weighted by molar-refractivity contribution is -0.141. The molecule has 0 bridgehead atoms. The molecule has 2 saturated carbocycles. The molecule has 40 heavy (non-hydrogen) atoms. The van der Waals surface area contributed by atoms with Crippen LogP contribution in [0.15, 0.2) is 40.9 Å². The van der Waals surface area contributed by atoms with Gasteiger partial charge in [0, 0.05) is 31.0 Å². The predicted molar refractivity (Wildman–Crippen MR) is 137 cm³/mol. The fourth-order valence-electron chi connectivity index (χ4n) is 4.98. The molecule has 2 aliphatic carbocycles. The second-order valence-corrected chi connectivity index (χ2v) is 10.5. The van der Waals surface area contributed by atoms with Crippen LogP contribution in [0, 0.1) is 11.8 Å². The Morgan fingerprint density at radius 1 is 1.05 bits per heavy atom. The molecule has 2 aliphatic rings. The summed E-state index contributed by atoms with van der Waals surface area (Å²) in [4.78, 5) is 25.3. The summed E-state index contributed by atoms with van der Waals surface area (Å²) in [5, 5.41) is 14.3. The largest absolute Gasteiger partial charge is 0.435 e. The number of rotatable bonds is 12. The van der Waals surface area contributed by atoms with E-state index >= 15 is 0 Å². The first-order chi connectivity index (χ1) is 19.3. The zero-order valence-electron chi connectivity index (χ0n) is 22.0. The fourth-order valence-corrected chi connectivity index (χ4v) is 4.98. The number of hydrogen-bond donors (Lipinski definition) is 1. The van der Waals surface area contributed by atoms with E-state index in [1.54, 1.807) is 30.3 Å². The third kappa shape index (κ3) is 7.15. The normalized spacial score (nSPS) is 19.5. The van der Waals surface area contributed by atoms with Crippen LogP contribution in [-0.4, -0.2) is 44.8 Å². The molecule has 12 heteroatoms. The van der Waals surface area contributed by atoms with E-state index in [1.165, 1.54) is 12.8 Å². The van der Waals surface area contributed by atoms with Gasteiger partial charge in [0.1, 0.15) is 12.4 Å². The van der Waals surface area contributed by atoms with E-state index in [4.69, 9.17) is 9.15 Å². The van der Waals surface area contributed by atoms with Gasteiger partial charge in [-0.2, -0.15) is 18.3 Å². The highest BCUT2D eigenvalue weighted by molar-refractivity contribution is 5.95. The van der Waals surface area contributed by atoms with Gasteiger partial charge in [0.2, 0.25) is 11.8 Å². The number of hydrogen-bond acceptors (Lipinski definition) is 7. The third-order valence-electron chi connectivity index (χ3n) is 7.42. The van der Waals surface area contributed by atoms with Crippen molar-refractivity contribution in [2.45, 2.75) is 70.1 Å². The summed E-state index contributed by atoms with van der Waals surface area (Å²) >= 11 is 0. The average molecular weight is 560 g/mol. The van der Waals surface area contributed by atoms with Gasteiger partial charge in [0.05, 0.1) is 17.9 Å². The van der Waals surface area contributed by atoms with E-state index < -0.39 is 23.3 Å². The lowest BCUT2D eigenvalue weighted by Gasteiger charge is -2.25. The van der Waals surface area contributed by atoms with E-state index in [0.29, 0.717) is 49.3 Å². The van der Waals surface area contributed by atoms with Gasteiger partial charge in [-0.1, -0.05) is 18.2 Å². The second-order valence-electron chi connectivity index (χ2n) is 10.5. The van der Waals surface area contributed by atoms with Crippen molar-refractivity contribution in [3.63, 3.8) is 0 Å². The number of halogens is 3. The topological polar surface area (TPSA) is 112 Å². The lowest BCUT2D eigenvalue weighted by atomic mass is 9.79. The fraction of sp³-hybridized carbons (Fsp3) is 0.536. The zero-order valence-corrected chi connectivity index (χ0v) is 22.0. The Bertz CT molecular complexity index is 1290. The minimum atomic E-state index is -4.78. The van der Waals surface area contributed by atoms with Crippen molar-refractivity contribution >= 4 is 11.7 Å². The monoisotopic (exact) mass is 559 g/mol. The molecule has 9 nitrogen and oxygen atoms in total. The standard InChI is InChI=1S/C28H32F3N5O4/c29-28(30,31)25-22(15-36(35-25)21-5-2-1-3-6-21)26(38)32-14-4-7-23(37)19-10-12-20(13-11-19)27-34-33-24(40-27)17-39-16-18-8-9-18/h1-3,5-6,15,18-20H,4,7-14,16-17H2,(H,32,38). The highest BCUT2D eigenvalue weighted by Gasteiger charge is 2.39. The first kappa shape index (κ1) is 28.0. The quantitative estimate of drug-likeness (QED) is 0.302. The average Bonchev–Trinajstić information content (AvgIpc) is 3.45. The summed E-state index contributed by atoms with van der Waals surface area (Å²) in [5.41, 5.74) is -1.40. The van der Waals surface area contributed by atoms with Crippen molar-refractivity contribution in [3.8, 4) is 5.69 Å². The van der Waals surface area contributed by atoms with Gasteiger partial charge in [-0.05, 0) is 63.0 Å². The van der Waals surface area contributed by atoms with Gasteiger partial charge in [-0.15, -0.1) is 10.2 Å². The van der Waals surface area contributed by atoms with Gasteiger partial charge < -0.3 is 14.5 Å². The van der Waals surface area contributed by atoms with Crippen LogP contribution in [0.3, 0.4) is 0 Å². The minimum Gasteiger partial charge on any atom is -0.422 e. The Balaban J connectivity index is 1.05. The van der Waals surface area contributed by atoms with Crippen molar-refractivity contribution in [2.75, 3.05) is 13.2 Å². The number of aromatic nitrogens is 4. The van der Waals surface area contributed by atoms with Crippen LogP contribution in [-0.2, 0) is 22.3 Å². The maximum absolute atomic E-state index is 13.5. The van der Waals surface area contributed by atoms with Crippen LogP contribution in [0.1, 0.15) is 85.1 Å². The Morgan fingerprint density at radius 2 is 1.80 bits per heavy atom. The number of carbonyl (C=O) groups is 2. The molecule has 2 heterocycles. The van der Waals surface area contributed by atoms with Crippen molar-refractivity contribution in [1.82, 2.24) is 25.3 Å². The van der Waals surface area contributed by atoms with Gasteiger partial charge in [-0.25, -0.2) is 4.68 Å². The van der Waals surface area contributed by atoms with E-state index in [1.807, 2.05) is 0 Å². The maximum Gasteiger partial charge on any atom is 0.435 e. The van der Waals surface area contributed by atoms with Crippen LogP contribution < -0.4 is 5.32 Å². The van der Waals surface area contributed by atoms with Crippen LogP contribution in [0.2, 0.25) is 0 Å². The second kappa shape index (κ2) is 12.3. The zero-order chi connectivity index (χ0) is 28.1. The number of para-hydroxylation sites is 1. The first-order valence-electron chi connectivity index (χ1n) is 13.7. The number of ether oxygens (including phenoxy) is 1. The third-order valence-corrected chi connectivity index (χ3v) is 7.42. The maximum atomic E-state index is 13.5. The number of ketones is 1. The molecular weight excluding hydrogens is 527 g/mol. The van der Waals surface area contributed by atoms with Crippen LogP contribution in [0.5, 0.6) is 0 Å². The molecular formula is C28H32F3N5O4. The van der Waals surface area contributed by atoms with E-state index in [0.717, 1.165) is 30.3 Å². The minimum absolute atomic E-state index is 0.0846.